The maximum Gasteiger partial charge on any atom is 0.338 e. The molecule has 0 heterocycles. The van der Waals surface area contributed by atoms with Gasteiger partial charge in [-0.05, 0) is 210 Å². The van der Waals surface area contributed by atoms with Gasteiger partial charge in [-0.15, -0.1) is 0 Å². The number of carbonyl (C=O) groups is 4. The summed E-state index contributed by atoms with van der Waals surface area (Å²) in [6.45, 7) is 0. The number of carboxylic acid groups (broad SMARTS) is 4. The number of halogens is 1. The third-order valence-corrected chi connectivity index (χ3v) is 27.7. The molecule has 654 valence electrons. The second-order valence-corrected chi connectivity index (χ2v) is 35.7. The van der Waals surface area contributed by atoms with Gasteiger partial charge in [-0.1, -0.05) is 266 Å². The van der Waals surface area contributed by atoms with Crippen LogP contribution < -0.4 is 20.4 Å². The third-order valence-electron chi connectivity index (χ3n) is 18.8. The number of benzene rings is 18. The minimum atomic E-state index is -1.57. The Labute approximate surface area is 765 Å². The molecule has 131 heavy (non-hydrogen) atoms. The van der Waals surface area contributed by atoms with Gasteiger partial charge in [0, 0.05) is 11.5 Å². The van der Waals surface area contributed by atoms with Gasteiger partial charge in [-0.3, -0.25) is 0 Å². The van der Waals surface area contributed by atoms with Crippen molar-refractivity contribution in [1.82, 2.24) is 0 Å². The van der Waals surface area contributed by atoms with Crippen molar-refractivity contribution in [2.24, 2.45) is 0 Å². The van der Waals surface area contributed by atoms with E-state index in [1.807, 2.05) is 0 Å². The summed E-state index contributed by atoms with van der Waals surface area (Å²) in [6, 6.07) is 144. The lowest BCUT2D eigenvalue weighted by Crippen LogP contribution is -2.04. The summed E-state index contributed by atoms with van der Waals surface area (Å²) in [7, 11) is -0.0585. The topological polar surface area (TPSA) is 363 Å². The van der Waals surface area contributed by atoms with Crippen LogP contribution in [0.4, 0.5) is 4.39 Å². The van der Waals surface area contributed by atoms with Crippen molar-refractivity contribution in [3.63, 3.8) is 0 Å². The van der Waals surface area contributed by atoms with E-state index in [2.05, 4.69) is 364 Å². The Morgan fingerprint density at radius 2 is 0.473 bits per heavy atom. The van der Waals surface area contributed by atoms with Crippen LogP contribution in [-0.4, -0.2) is 74.9 Å². The average molecular weight is 1820 g/mol. The van der Waals surface area contributed by atoms with E-state index in [-0.39, 0.29) is 65.9 Å². The first-order valence-electron chi connectivity index (χ1n) is 40.0. The summed E-state index contributed by atoms with van der Waals surface area (Å²) < 4.78 is 12.3. The van der Waals surface area contributed by atoms with E-state index in [0.29, 0.717) is 22.9 Å². The summed E-state index contributed by atoms with van der Waals surface area (Å²) in [5.41, 5.74) is -2.68. The van der Waals surface area contributed by atoms with Crippen molar-refractivity contribution in [3.05, 3.63) is 471 Å². The number of aromatic carboxylic acids is 4. The molecule has 18 aromatic carbocycles. The number of phenols is 6. The fraction of sp³-hybridized carbons (Fsp3) is 0. The van der Waals surface area contributed by atoms with Crippen LogP contribution in [0, 0.1) is 5.82 Å². The molecule has 0 aliphatic rings. The monoisotopic (exact) mass is 1810 g/mol. The maximum atomic E-state index is 12.3. The Morgan fingerprint density at radius 3 is 0.740 bits per heavy atom. The predicted octanol–water partition coefficient (Wildman–Crippen LogP) is 21.6. The first-order valence-corrected chi connectivity index (χ1v) is 44.9. The summed E-state index contributed by atoms with van der Waals surface area (Å²) in [5, 5.41) is 135. The molecule has 18 aromatic rings. The van der Waals surface area contributed by atoms with Crippen molar-refractivity contribution in [2.75, 3.05) is 0 Å². The molecule has 0 spiro atoms. The fourth-order valence-corrected chi connectivity index (χ4v) is 21.3. The summed E-state index contributed by atoms with van der Waals surface area (Å²) in [6.07, 6.45) is 0. The largest absolute Gasteiger partial charge is 0.872 e. The minimum absolute atomic E-state index is 0.0146. The molecule has 10 N–H and O–H groups in total. The first kappa shape index (κ1) is 95.3. The van der Waals surface area contributed by atoms with Gasteiger partial charge in [-0.2, -0.15) is 0 Å². The number of rotatable bonds is 16. The second kappa shape index (κ2) is 47.9. The van der Waals surface area contributed by atoms with Gasteiger partial charge in [0.1, 0.15) is 40.3 Å². The number of hydrogen-bond acceptors (Lipinski definition) is 14. The molecule has 0 saturated heterocycles. The maximum absolute atomic E-state index is 12.3. The van der Waals surface area contributed by atoms with Gasteiger partial charge in [0.2, 0.25) is 0 Å². The quantitative estimate of drug-likeness (QED) is 0.0317. The normalized spacial score (nSPS) is 10.4. The zero-order valence-corrected chi connectivity index (χ0v) is 72.7. The van der Waals surface area contributed by atoms with Crippen LogP contribution in [0.25, 0.3) is 21.5 Å². The third kappa shape index (κ3) is 26.2. The zero-order chi connectivity index (χ0) is 93.1. The standard InChI is InChI=1S/4C18H15S.C11H8O5.C11H8O4.C7H5FO4.C7H6O5/c4*1-4-10-16(11-5-1)19(17-12-6-2-7-13-17)18-14-8-3-9-15-18;12-5-1-2-6-7(3-5)9(13)4-8(10(6)14)11(15)16;12-8-5-6-3-1-2-4-7(6)10(13)9(8)11(14)15;8-3-1-4(9)6(7(11)12)5(10)2-3;8-3-1-2-4(9)6(10)5(3)7(11)12/h4*1-15H;1-4,12-14H,(H,15,16);1-5,12-13H,(H,14,15);1-2,9-10H,(H,11,12);1-2,8-10H,(H,11,12)/q4*+1;;;;/p-4. The van der Waals surface area contributed by atoms with E-state index in [9.17, 15) is 59.3 Å². The van der Waals surface area contributed by atoms with Gasteiger partial charge in [0.05, 0.1) is 65.8 Å². The molecule has 0 aromatic heterocycles. The lowest BCUT2D eigenvalue weighted by molar-refractivity contribution is -0.271. The second-order valence-electron chi connectivity index (χ2n) is 27.6. The van der Waals surface area contributed by atoms with Gasteiger partial charge in [0.15, 0.2) is 58.7 Å². The molecule has 18 nitrogen and oxygen atoms in total. The Kier molecular flexibility index (Phi) is 34.8. The smallest absolute Gasteiger partial charge is 0.338 e. The fourth-order valence-electron chi connectivity index (χ4n) is 12.9. The highest BCUT2D eigenvalue weighted by atomic mass is 32.2. The predicted molar refractivity (Wildman–Crippen MR) is 502 cm³/mol. The molecule has 0 aliphatic heterocycles. The molecule has 0 unspecified atom stereocenters. The molecule has 18 rings (SSSR count). The molecule has 0 radical (unpaired) electrons. The van der Waals surface area contributed by atoms with Gasteiger partial charge >= 0.3 is 23.9 Å². The molecule has 0 bridgehead atoms. The minimum Gasteiger partial charge on any atom is -0.872 e. The Bertz CT molecular complexity index is 5850. The van der Waals surface area contributed by atoms with Crippen LogP contribution in [0.15, 0.2) is 502 Å². The number of fused-ring (bicyclic) bond motifs is 2. The number of hydrogen-bond donors (Lipinski definition) is 10. The van der Waals surface area contributed by atoms with Crippen LogP contribution >= 0.6 is 0 Å². The van der Waals surface area contributed by atoms with E-state index < -0.39 is 97.9 Å². The summed E-state index contributed by atoms with van der Waals surface area (Å²) >= 11 is 0. The van der Waals surface area contributed by atoms with Crippen LogP contribution in [0.5, 0.6) is 57.5 Å². The molecule has 0 fully saturated rings. The Balaban J connectivity index is 0.000000145. The molecule has 0 aliphatic carbocycles. The highest BCUT2D eigenvalue weighted by Crippen LogP contribution is 2.40. The van der Waals surface area contributed by atoms with Gasteiger partial charge < -0.3 is 71.5 Å². The molecule has 0 amide bonds. The van der Waals surface area contributed by atoms with Gasteiger partial charge in [-0.25, -0.2) is 23.6 Å². The molecule has 23 heteroatoms. The zero-order valence-electron chi connectivity index (χ0n) is 69.4. The molecular weight excluding hydrogens is 1730 g/mol. The van der Waals surface area contributed by atoms with Crippen LogP contribution in [0.1, 0.15) is 41.4 Å². The molecule has 0 atom stereocenters. The summed E-state index contributed by atoms with van der Waals surface area (Å²) in [4.78, 5) is 58.4. The number of phenolic OH excluding ortho intramolecular Hbond substituents is 3. The highest BCUT2D eigenvalue weighted by molar-refractivity contribution is 7.98. The summed E-state index contributed by atoms with van der Waals surface area (Å²) in [5.74, 6) is -13.5. The van der Waals surface area contributed by atoms with E-state index in [1.54, 1.807) is 18.2 Å². The first-order chi connectivity index (χ1) is 63.5. The van der Waals surface area contributed by atoms with E-state index in [1.165, 1.54) is 89.1 Å². The molecule has 0 saturated carbocycles. The van der Waals surface area contributed by atoms with E-state index in [0.717, 1.165) is 18.2 Å². The SMILES string of the molecule is O=C(O)c1c(O)cc2ccccc2c1[O-].O=C(O)c1c(O)ccc(O)c1[O-].O=C(O)c1c([O-])cc(F)cc1O.O=C(O)c1cc(O)c2cc(O)ccc2c1[O-].c1ccc([S+](c2ccccc2)c2ccccc2)cc1.c1ccc([S+](c2ccccc2)c2ccccc2)cc1.c1ccc([S+](c2ccccc2)c2ccccc2)cc1.c1ccc([S+](c2ccccc2)c2ccccc2)cc1. The van der Waals surface area contributed by atoms with E-state index >= 15 is 0 Å². The van der Waals surface area contributed by atoms with Crippen molar-refractivity contribution >= 4 is 89.0 Å². The van der Waals surface area contributed by atoms with Crippen LogP contribution in [-0.2, 0) is 43.6 Å². The Morgan fingerprint density at radius 1 is 0.214 bits per heavy atom. The van der Waals surface area contributed by atoms with E-state index in [4.69, 9.17) is 35.7 Å². The van der Waals surface area contributed by atoms with Crippen molar-refractivity contribution < 1.29 is 95.1 Å². The van der Waals surface area contributed by atoms with Crippen molar-refractivity contribution in [2.45, 2.75) is 58.7 Å². The van der Waals surface area contributed by atoms with Crippen LogP contribution in [0.2, 0.25) is 0 Å². The van der Waals surface area contributed by atoms with Gasteiger partial charge in [0.25, 0.3) is 0 Å². The highest BCUT2D eigenvalue weighted by Gasteiger charge is 2.32. The number of carboxylic acids is 4. The molecular formula is C108H83FO18S4. The van der Waals surface area contributed by atoms with Crippen molar-refractivity contribution in [1.29, 1.82) is 0 Å². The lowest BCUT2D eigenvalue weighted by atomic mass is 10.0. The van der Waals surface area contributed by atoms with Crippen LogP contribution in [0.3, 0.4) is 0 Å². The Hall–Kier alpha value is -16.3. The lowest BCUT2D eigenvalue weighted by Gasteiger charge is -2.15. The number of aromatic hydroxyl groups is 6. The average Bonchev–Trinajstić information content (AvgIpc) is 0.784. The van der Waals surface area contributed by atoms with Crippen molar-refractivity contribution in [3.8, 4) is 57.5 Å².